The molecule has 8 nitrogen and oxygen atoms in total. The van der Waals surface area contributed by atoms with Gasteiger partial charge >= 0.3 is 0 Å². The summed E-state index contributed by atoms with van der Waals surface area (Å²) in [6, 6.07) is 17.3. The van der Waals surface area contributed by atoms with E-state index in [-0.39, 0.29) is 24.6 Å². The second kappa shape index (κ2) is 11.5. The molecular weight excluding hydrogens is 532 g/mol. The Hall–Kier alpha value is -3.79. The zero-order valence-corrected chi connectivity index (χ0v) is 23.5. The highest BCUT2D eigenvalue weighted by molar-refractivity contribution is 7.80. The average Bonchev–Trinajstić information content (AvgIpc) is 3.42. The summed E-state index contributed by atoms with van der Waals surface area (Å²) in [6.07, 6.45) is 5.42. The first-order chi connectivity index (χ1) is 18.9. The summed E-state index contributed by atoms with van der Waals surface area (Å²) in [5.74, 6) is -0.278. The molecule has 1 fully saturated rings. The van der Waals surface area contributed by atoms with Crippen molar-refractivity contribution in [2.24, 2.45) is 0 Å². The molecule has 0 saturated carbocycles. The van der Waals surface area contributed by atoms with Gasteiger partial charge in [-0.05, 0) is 85.7 Å². The SMILES string of the molecule is COCC(=O)Nc1ccc(N2C(=S)NC(c3ccccn3)C2c2cc(C)n(Cc3ccncc3)c2C)cc1Cl. The van der Waals surface area contributed by atoms with Crippen LogP contribution in [0.2, 0.25) is 5.02 Å². The van der Waals surface area contributed by atoms with Crippen LogP contribution in [0.3, 0.4) is 0 Å². The topological polar surface area (TPSA) is 84.3 Å². The molecule has 4 heterocycles. The summed E-state index contributed by atoms with van der Waals surface area (Å²) in [6.45, 7) is 4.94. The molecule has 1 aromatic carbocycles. The molecule has 2 atom stereocenters. The van der Waals surface area contributed by atoms with Gasteiger partial charge in [-0.2, -0.15) is 0 Å². The number of anilines is 2. The number of halogens is 1. The zero-order chi connectivity index (χ0) is 27.5. The molecule has 4 aromatic rings. The summed E-state index contributed by atoms with van der Waals surface area (Å²) in [5, 5.41) is 7.26. The van der Waals surface area contributed by atoms with Gasteiger partial charge in [-0.3, -0.25) is 14.8 Å². The first-order valence-corrected chi connectivity index (χ1v) is 13.3. The van der Waals surface area contributed by atoms with E-state index in [4.69, 9.17) is 28.6 Å². The van der Waals surface area contributed by atoms with Crippen LogP contribution in [0.4, 0.5) is 11.4 Å². The number of pyridine rings is 2. The van der Waals surface area contributed by atoms with E-state index in [0.717, 1.165) is 34.9 Å². The lowest BCUT2D eigenvalue weighted by molar-refractivity contribution is -0.119. The summed E-state index contributed by atoms with van der Waals surface area (Å²) in [4.78, 5) is 22.9. The quantitative estimate of drug-likeness (QED) is 0.281. The highest BCUT2D eigenvalue weighted by Crippen LogP contribution is 2.44. The van der Waals surface area contributed by atoms with Crippen LogP contribution in [-0.2, 0) is 16.1 Å². The number of rotatable bonds is 8. The van der Waals surface area contributed by atoms with Gasteiger partial charge in [0.1, 0.15) is 6.61 Å². The second-order valence-corrected chi connectivity index (χ2v) is 10.2. The normalized spacial score (nSPS) is 16.8. The molecule has 200 valence electrons. The molecule has 39 heavy (non-hydrogen) atoms. The van der Waals surface area contributed by atoms with Gasteiger partial charge in [-0.25, -0.2) is 0 Å². The van der Waals surface area contributed by atoms with Crippen molar-refractivity contribution >= 4 is 46.2 Å². The van der Waals surface area contributed by atoms with Gasteiger partial charge in [0, 0.05) is 49.3 Å². The summed E-state index contributed by atoms with van der Waals surface area (Å²) >= 11 is 12.5. The Bertz CT molecular complexity index is 1490. The van der Waals surface area contributed by atoms with E-state index in [2.05, 4.69) is 50.0 Å². The van der Waals surface area contributed by atoms with Gasteiger partial charge < -0.3 is 24.8 Å². The van der Waals surface area contributed by atoms with Gasteiger partial charge in [-0.1, -0.05) is 17.7 Å². The molecule has 1 aliphatic heterocycles. The minimum absolute atomic E-state index is 0.0544. The van der Waals surface area contributed by atoms with Crippen molar-refractivity contribution in [1.29, 1.82) is 0 Å². The standard InChI is InChI=1S/C29H29ClN6O2S/c1-18-14-22(19(2)35(18)16-20-9-12-31-13-10-20)28-27(25-6-4-5-11-32-25)34-29(39)36(28)21-7-8-24(23(30)15-21)33-26(37)17-38-3/h4-15,27-28H,16-17H2,1-3H3,(H,33,37)(H,34,39). The maximum absolute atomic E-state index is 12.0. The third-order valence-electron chi connectivity index (χ3n) is 6.90. The Balaban J connectivity index is 1.56. The molecular formula is C29H29ClN6O2S. The molecule has 1 amide bonds. The number of carbonyl (C=O) groups excluding carboxylic acids is 1. The van der Waals surface area contributed by atoms with E-state index in [9.17, 15) is 4.79 Å². The number of methoxy groups -OCH3 is 1. The fraction of sp³-hybridized carbons (Fsp3) is 0.241. The Kier molecular flexibility index (Phi) is 7.92. The van der Waals surface area contributed by atoms with Crippen LogP contribution in [0.15, 0.2) is 73.2 Å². The van der Waals surface area contributed by atoms with Gasteiger partial charge in [-0.15, -0.1) is 0 Å². The van der Waals surface area contributed by atoms with Gasteiger partial charge in [0.25, 0.3) is 0 Å². The Labute approximate surface area is 238 Å². The number of aromatic nitrogens is 3. The Morgan fingerprint density at radius 1 is 1.13 bits per heavy atom. The van der Waals surface area contributed by atoms with Crippen LogP contribution in [0.5, 0.6) is 0 Å². The van der Waals surface area contributed by atoms with Crippen LogP contribution in [0.25, 0.3) is 0 Å². The molecule has 1 aliphatic rings. The van der Waals surface area contributed by atoms with Crippen molar-refractivity contribution in [3.63, 3.8) is 0 Å². The molecule has 0 radical (unpaired) electrons. The molecule has 5 rings (SSSR count). The first kappa shape index (κ1) is 26.8. The number of hydrogen-bond donors (Lipinski definition) is 2. The van der Waals surface area contributed by atoms with Crippen molar-refractivity contribution in [1.82, 2.24) is 19.9 Å². The van der Waals surface area contributed by atoms with Crippen molar-refractivity contribution in [3.05, 3.63) is 106 Å². The second-order valence-electron chi connectivity index (χ2n) is 9.41. The van der Waals surface area contributed by atoms with Crippen molar-refractivity contribution < 1.29 is 9.53 Å². The number of ether oxygens (including phenoxy) is 1. The average molecular weight is 561 g/mol. The third-order valence-corrected chi connectivity index (χ3v) is 7.53. The minimum Gasteiger partial charge on any atom is -0.375 e. The van der Waals surface area contributed by atoms with Gasteiger partial charge in [0.15, 0.2) is 5.11 Å². The summed E-state index contributed by atoms with van der Waals surface area (Å²) in [5.41, 5.74) is 6.80. The molecule has 2 unspecified atom stereocenters. The lowest BCUT2D eigenvalue weighted by atomic mass is 9.96. The molecule has 2 N–H and O–H groups in total. The molecule has 10 heteroatoms. The van der Waals surface area contributed by atoms with E-state index in [1.54, 1.807) is 12.3 Å². The van der Waals surface area contributed by atoms with E-state index in [1.807, 2.05) is 54.9 Å². The number of nitrogens with zero attached hydrogens (tertiary/aromatic N) is 4. The Morgan fingerprint density at radius 3 is 2.62 bits per heavy atom. The van der Waals surface area contributed by atoms with Crippen molar-refractivity contribution in [2.45, 2.75) is 32.5 Å². The fourth-order valence-corrected chi connectivity index (χ4v) is 5.63. The lowest BCUT2D eigenvalue weighted by Crippen LogP contribution is -2.29. The molecule has 0 aliphatic carbocycles. The Morgan fingerprint density at radius 2 is 1.92 bits per heavy atom. The molecule has 1 saturated heterocycles. The van der Waals surface area contributed by atoms with Crippen LogP contribution in [-0.4, -0.2) is 39.3 Å². The van der Waals surface area contributed by atoms with Crippen LogP contribution in [0, 0.1) is 13.8 Å². The zero-order valence-electron chi connectivity index (χ0n) is 21.9. The molecule has 0 spiro atoms. The first-order valence-electron chi connectivity index (χ1n) is 12.5. The van der Waals surface area contributed by atoms with E-state index < -0.39 is 0 Å². The monoisotopic (exact) mass is 560 g/mol. The minimum atomic E-state index is -0.278. The van der Waals surface area contributed by atoms with E-state index in [0.29, 0.717) is 15.8 Å². The fourth-order valence-electron chi connectivity index (χ4n) is 5.06. The number of thiocarbonyl (C=S) groups is 1. The van der Waals surface area contributed by atoms with E-state index in [1.165, 1.54) is 12.7 Å². The lowest BCUT2D eigenvalue weighted by Gasteiger charge is -2.28. The van der Waals surface area contributed by atoms with Gasteiger partial charge in [0.05, 0.1) is 28.5 Å². The highest BCUT2D eigenvalue weighted by Gasteiger charge is 2.42. The van der Waals surface area contributed by atoms with Crippen LogP contribution in [0.1, 0.15) is 40.3 Å². The number of carbonyl (C=O) groups is 1. The third kappa shape index (κ3) is 5.52. The largest absolute Gasteiger partial charge is 0.375 e. The predicted octanol–water partition coefficient (Wildman–Crippen LogP) is 5.36. The van der Waals surface area contributed by atoms with E-state index >= 15 is 0 Å². The maximum Gasteiger partial charge on any atom is 0.250 e. The highest BCUT2D eigenvalue weighted by atomic mass is 35.5. The maximum atomic E-state index is 12.0. The van der Waals surface area contributed by atoms with Gasteiger partial charge in [0.2, 0.25) is 5.91 Å². The molecule has 0 bridgehead atoms. The number of nitrogens with one attached hydrogen (secondary N) is 2. The summed E-state index contributed by atoms with van der Waals surface area (Å²) in [7, 11) is 1.47. The van der Waals surface area contributed by atoms with Crippen molar-refractivity contribution in [2.75, 3.05) is 23.9 Å². The smallest absolute Gasteiger partial charge is 0.250 e. The molecule has 3 aromatic heterocycles. The van der Waals surface area contributed by atoms with Crippen LogP contribution < -0.4 is 15.5 Å². The number of benzene rings is 1. The van der Waals surface area contributed by atoms with Crippen LogP contribution >= 0.6 is 23.8 Å². The van der Waals surface area contributed by atoms with Crippen molar-refractivity contribution in [3.8, 4) is 0 Å². The summed E-state index contributed by atoms with van der Waals surface area (Å²) < 4.78 is 7.22. The number of aryl methyl sites for hydroxylation is 1. The number of hydrogen-bond acceptors (Lipinski definition) is 5. The predicted molar refractivity (Wildman–Crippen MR) is 157 cm³/mol. The number of amides is 1.